The van der Waals surface area contributed by atoms with Crippen molar-refractivity contribution in [3.05, 3.63) is 24.3 Å². The molecule has 1 atom stereocenters. The summed E-state index contributed by atoms with van der Waals surface area (Å²) in [6, 6.07) is 6.77. The molecule has 1 aliphatic heterocycles. The van der Waals surface area contributed by atoms with Crippen molar-refractivity contribution in [1.82, 2.24) is 10.0 Å². The summed E-state index contributed by atoms with van der Waals surface area (Å²) >= 11 is 0. The van der Waals surface area contributed by atoms with E-state index in [2.05, 4.69) is 10.0 Å². The van der Waals surface area contributed by atoms with Crippen LogP contribution in [-0.2, 0) is 10.0 Å². The molecule has 0 bridgehead atoms. The summed E-state index contributed by atoms with van der Waals surface area (Å²) in [7, 11) is -3.49. The topological polar surface area (TPSA) is 67.4 Å². The van der Waals surface area contributed by atoms with Crippen LogP contribution < -0.4 is 14.8 Å². The van der Waals surface area contributed by atoms with Gasteiger partial charge in [-0.05, 0) is 31.5 Å². The maximum atomic E-state index is 12.1. The van der Waals surface area contributed by atoms with Crippen molar-refractivity contribution in [2.45, 2.75) is 30.8 Å². The van der Waals surface area contributed by atoms with Crippen LogP contribution in [0, 0.1) is 0 Å². The molecule has 0 aliphatic carbocycles. The molecule has 0 aromatic heterocycles. The molecule has 1 fully saturated rings. The number of ether oxygens (including phenoxy) is 1. The smallest absolute Gasteiger partial charge is 0.244 e. The van der Waals surface area contributed by atoms with E-state index in [0.717, 1.165) is 25.9 Å². The predicted molar refractivity (Wildman–Crippen MR) is 73.8 cm³/mol. The normalized spacial score (nSPS) is 20.2. The molecule has 0 saturated carbocycles. The first kappa shape index (κ1) is 14.3. The molecule has 1 aromatic carbocycles. The molecule has 1 saturated heterocycles. The Kier molecular flexibility index (Phi) is 4.79. The molecular formula is C13H20N2O3S. The Morgan fingerprint density at radius 1 is 1.42 bits per heavy atom. The number of hydrogen-bond donors (Lipinski definition) is 2. The Morgan fingerprint density at radius 3 is 2.89 bits per heavy atom. The van der Waals surface area contributed by atoms with Gasteiger partial charge in [0, 0.05) is 13.1 Å². The first-order valence-electron chi connectivity index (χ1n) is 6.59. The molecule has 1 aliphatic rings. The summed E-state index contributed by atoms with van der Waals surface area (Å²) < 4.78 is 32.5. The van der Waals surface area contributed by atoms with Gasteiger partial charge < -0.3 is 10.1 Å². The van der Waals surface area contributed by atoms with Gasteiger partial charge >= 0.3 is 0 Å². The third-order valence-corrected chi connectivity index (χ3v) is 4.60. The highest BCUT2D eigenvalue weighted by Gasteiger charge is 2.21. The SMILES string of the molecule is CCNS(=O)(=O)c1ccccc1O[C@H]1CCCNC1. The van der Waals surface area contributed by atoms with Gasteiger partial charge in [0.1, 0.15) is 16.7 Å². The maximum absolute atomic E-state index is 12.1. The Bertz CT molecular complexity index is 510. The fourth-order valence-electron chi connectivity index (χ4n) is 2.14. The van der Waals surface area contributed by atoms with Crippen LogP contribution in [-0.4, -0.2) is 34.2 Å². The molecule has 0 unspecified atom stereocenters. The van der Waals surface area contributed by atoms with Crippen LogP contribution >= 0.6 is 0 Å². The van der Waals surface area contributed by atoms with Crippen molar-refractivity contribution in [1.29, 1.82) is 0 Å². The fraction of sp³-hybridized carbons (Fsp3) is 0.538. The second kappa shape index (κ2) is 6.36. The number of hydrogen-bond acceptors (Lipinski definition) is 4. The summed E-state index contributed by atoms with van der Waals surface area (Å²) in [5.41, 5.74) is 0. The van der Waals surface area contributed by atoms with Gasteiger partial charge in [-0.1, -0.05) is 19.1 Å². The number of para-hydroxylation sites is 1. The van der Waals surface area contributed by atoms with Crippen LogP contribution in [0.5, 0.6) is 5.75 Å². The van der Waals surface area contributed by atoms with E-state index in [9.17, 15) is 8.42 Å². The van der Waals surface area contributed by atoms with Gasteiger partial charge in [-0.2, -0.15) is 0 Å². The van der Waals surface area contributed by atoms with Crippen molar-refractivity contribution in [3.63, 3.8) is 0 Å². The van der Waals surface area contributed by atoms with Gasteiger partial charge in [0.15, 0.2) is 0 Å². The Hall–Kier alpha value is -1.11. The second-order valence-electron chi connectivity index (χ2n) is 4.53. The summed E-state index contributed by atoms with van der Waals surface area (Å²) in [5, 5.41) is 3.25. The van der Waals surface area contributed by atoms with E-state index in [-0.39, 0.29) is 11.0 Å². The molecule has 2 N–H and O–H groups in total. The van der Waals surface area contributed by atoms with E-state index in [4.69, 9.17) is 4.74 Å². The Labute approximate surface area is 114 Å². The van der Waals surface area contributed by atoms with Gasteiger partial charge in [0.2, 0.25) is 10.0 Å². The molecule has 6 heteroatoms. The van der Waals surface area contributed by atoms with Crippen molar-refractivity contribution in [2.24, 2.45) is 0 Å². The number of benzene rings is 1. The minimum atomic E-state index is -3.49. The van der Waals surface area contributed by atoms with Crippen LogP contribution in [0.25, 0.3) is 0 Å². The number of nitrogens with one attached hydrogen (secondary N) is 2. The van der Waals surface area contributed by atoms with E-state index in [1.807, 2.05) is 0 Å². The molecule has 0 radical (unpaired) electrons. The minimum absolute atomic E-state index is 0.0340. The molecule has 1 aromatic rings. The third-order valence-electron chi connectivity index (χ3n) is 3.02. The standard InChI is InChI=1S/C13H20N2O3S/c1-2-15-19(16,17)13-8-4-3-7-12(13)18-11-6-5-9-14-10-11/h3-4,7-8,11,14-15H,2,5-6,9-10H2,1H3/t11-/m0/s1. The lowest BCUT2D eigenvalue weighted by molar-refractivity contribution is 0.163. The van der Waals surface area contributed by atoms with Crippen molar-refractivity contribution in [2.75, 3.05) is 19.6 Å². The van der Waals surface area contributed by atoms with Crippen molar-refractivity contribution >= 4 is 10.0 Å². The maximum Gasteiger partial charge on any atom is 0.244 e. The van der Waals surface area contributed by atoms with Crippen LogP contribution in [0.3, 0.4) is 0 Å². The molecule has 2 rings (SSSR count). The van der Waals surface area contributed by atoms with Gasteiger partial charge in [-0.3, -0.25) is 0 Å². The second-order valence-corrected chi connectivity index (χ2v) is 6.27. The number of rotatable bonds is 5. The van der Waals surface area contributed by atoms with Gasteiger partial charge in [-0.15, -0.1) is 0 Å². The molecule has 0 spiro atoms. The average molecular weight is 284 g/mol. The van der Waals surface area contributed by atoms with E-state index < -0.39 is 10.0 Å². The molecule has 0 amide bonds. The van der Waals surface area contributed by atoms with Crippen LogP contribution in [0.1, 0.15) is 19.8 Å². The highest BCUT2D eigenvalue weighted by molar-refractivity contribution is 7.89. The molecule has 5 nitrogen and oxygen atoms in total. The Morgan fingerprint density at radius 2 is 2.21 bits per heavy atom. The van der Waals surface area contributed by atoms with E-state index in [1.165, 1.54) is 0 Å². The molecule has 1 heterocycles. The van der Waals surface area contributed by atoms with Crippen molar-refractivity contribution in [3.8, 4) is 5.75 Å². The lowest BCUT2D eigenvalue weighted by atomic mass is 10.1. The molecule has 106 valence electrons. The summed E-state index contributed by atoms with van der Waals surface area (Å²) in [6.45, 7) is 3.88. The van der Waals surface area contributed by atoms with Gasteiger partial charge in [0.05, 0.1) is 0 Å². The van der Waals surface area contributed by atoms with E-state index >= 15 is 0 Å². The Balaban J connectivity index is 2.20. The van der Waals surface area contributed by atoms with Crippen LogP contribution in [0.2, 0.25) is 0 Å². The monoisotopic (exact) mass is 284 g/mol. The zero-order chi connectivity index (χ0) is 13.7. The first-order valence-corrected chi connectivity index (χ1v) is 8.08. The lowest BCUT2D eigenvalue weighted by Crippen LogP contribution is -2.37. The van der Waals surface area contributed by atoms with Crippen LogP contribution in [0.4, 0.5) is 0 Å². The zero-order valence-electron chi connectivity index (χ0n) is 11.1. The quantitative estimate of drug-likeness (QED) is 0.850. The molecular weight excluding hydrogens is 264 g/mol. The minimum Gasteiger partial charge on any atom is -0.488 e. The van der Waals surface area contributed by atoms with E-state index in [0.29, 0.717) is 12.3 Å². The first-order chi connectivity index (χ1) is 9.13. The van der Waals surface area contributed by atoms with E-state index in [1.54, 1.807) is 31.2 Å². The highest BCUT2D eigenvalue weighted by atomic mass is 32.2. The average Bonchev–Trinajstić information content (AvgIpc) is 2.40. The summed E-state index contributed by atoms with van der Waals surface area (Å²) in [4.78, 5) is 0.211. The fourth-order valence-corrected chi connectivity index (χ4v) is 3.31. The number of piperidine rings is 1. The largest absolute Gasteiger partial charge is 0.488 e. The van der Waals surface area contributed by atoms with Crippen molar-refractivity contribution < 1.29 is 13.2 Å². The predicted octanol–water partition coefficient (Wildman–Crippen LogP) is 1.12. The molecule has 19 heavy (non-hydrogen) atoms. The van der Waals surface area contributed by atoms with Gasteiger partial charge in [-0.25, -0.2) is 13.1 Å². The number of sulfonamides is 1. The third kappa shape index (κ3) is 3.68. The zero-order valence-corrected chi connectivity index (χ0v) is 11.9. The summed E-state index contributed by atoms with van der Waals surface area (Å²) in [6.07, 6.45) is 2.03. The lowest BCUT2D eigenvalue weighted by Gasteiger charge is -2.25. The highest BCUT2D eigenvalue weighted by Crippen LogP contribution is 2.25. The van der Waals surface area contributed by atoms with Gasteiger partial charge in [0.25, 0.3) is 0 Å². The summed E-state index contributed by atoms with van der Waals surface area (Å²) in [5.74, 6) is 0.428. The van der Waals surface area contributed by atoms with Crippen LogP contribution in [0.15, 0.2) is 29.2 Å².